The van der Waals surface area contributed by atoms with E-state index < -0.39 is 0 Å². The SMILES string of the molecule is OC[C@@]12C[C@@]13CC[C@H]1C=CC[C@@H]2C[C@H]13. The number of hydrogen-bond acceptors (Lipinski definition) is 1. The number of hydrogen-bond donors (Lipinski definition) is 1. The summed E-state index contributed by atoms with van der Waals surface area (Å²) in [6.45, 7) is 0.467. The highest BCUT2D eigenvalue weighted by Gasteiger charge is 2.79. The first kappa shape index (κ1) is 7.92. The number of aliphatic hydroxyl groups is 1. The molecule has 4 aliphatic rings. The standard InChI is InChI=1S/C13H18O/c14-8-13-7-12(13)5-4-9-2-1-3-10(13)6-11(9)12/h1-2,9-11,14H,3-8H2/t9-,10-,11-,12-,13-/m1/s1. The fourth-order valence-electron chi connectivity index (χ4n) is 5.37. The topological polar surface area (TPSA) is 20.2 Å². The molecule has 0 aromatic heterocycles. The summed E-state index contributed by atoms with van der Waals surface area (Å²) in [5.41, 5.74) is 0.999. The van der Waals surface area contributed by atoms with Gasteiger partial charge in [0.1, 0.15) is 0 Å². The van der Waals surface area contributed by atoms with Crippen LogP contribution in [0.15, 0.2) is 12.2 Å². The quantitative estimate of drug-likeness (QED) is 0.629. The number of allylic oxidation sites excluding steroid dienone is 2. The summed E-state index contributed by atoms with van der Waals surface area (Å²) in [5, 5.41) is 9.70. The Morgan fingerprint density at radius 1 is 1.43 bits per heavy atom. The molecular formula is C13H18O. The second-order valence-corrected chi connectivity index (χ2v) is 6.05. The molecule has 1 nitrogen and oxygen atoms in total. The van der Waals surface area contributed by atoms with Gasteiger partial charge in [-0.2, -0.15) is 0 Å². The molecule has 14 heavy (non-hydrogen) atoms. The van der Waals surface area contributed by atoms with Crippen molar-refractivity contribution < 1.29 is 5.11 Å². The van der Waals surface area contributed by atoms with Crippen LogP contribution in [0, 0.1) is 28.6 Å². The van der Waals surface area contributed by atoms with E-state index in [2.05, 4.69) is 12.2 Å². The van der Waals surface area contributed by atoms with Gasteiger partial charge in [-0.25, -0.2) is 0 Å². The third-order valence-corrected chi connectivity index (χ3v) is 6.05. The molecular weight excluding hydrogens is 172 g/mol. The van der Waals surface area contributed by atoms with Crippen LogP contribution >= 0.6 is 0 Å². The van der Waals surface area contributed by atoms with Crippen molar-refractivity contribution in [1.82, 2.24) is 0 Å². The van der Waals surface area contributed by atoms with E-state index in [0.717, 1.165) is 17.8 Å². The minimum Gasteiger partial charge on any atom is -0.396 e. The van der Waals surface area contributed by atoms with E-state index in [9.17, 15) is 5.11 Å². The molecule has 1 spiro atoms. The Hall–Kier alpha value is -0.300. The largest absolute Gasteiger partial charge is 0.396 e. The normalized spacial score (nSPS) is 62.5. The molecule has 76 valence electrons. The Balaban J connectivity index is 1.86. The van der Waals surface area contributed by atoms with Crippen LogP contribution in [0.2, 0.25) is 0 Å². The molecule has 0 radical (unpaired) electrons. The van der Waals surface area contributed by atoms with Crippen LogP contribution in [0.1, 0.15) is 32.1 Å². The van der Waals surface area contributed by atoms with E-state index in [1.807, 2.05) is 0 Å². The summed E-state index contributed by atoms with van der Waals surface area (Å²) in [7, 11) is 0. The monoisotopic (exact) mass is 190 g/mol. The zero-order valence-electron chi connectivity index (χ0n) is 8.58. The molecule has 0 aliphatic heterocycles. The third-order valence-electron chi connectivity index (χ3n) is 6.05. The molecule has 4 rings (SSSR count). The molecule has 3 saturated carbocycles. The molecule has 0 heterocycles. The van der Waals surface area contributed by atoms with Gasteiger partial charge >= 0.3 is 0 Å². The summed E-state index contributed by atoms with van der Waals surface area (Å²) in [4.78, 5) is 0. The lowest BCUT2D eigenvalue weighted by Crippen LogP contribution is -2.20. The minimum atomic E-state index is 0.386. The molecule has 5 atom stereocenters. The molecule has 0 amide bonds. The Morgan fingerprint density at radius 3 is 3.21 bits per heavy atom. The fourth-order valence-corrected chi connectivity index (χ4v) is 5.37. The van der Waals surface area contributed by atoms with Crippen molar-refractivity contribution in [3.8, 4) is 0 Å². The lowest BCUT2D eigenvalue weighted by atomic mass is 9.85. The van der Waals surface area contributed by atoms with E-state index in [-0.39, 0.29) is 0 Å². The molecule has 2 bridgehead atoms. The predicted molar refractivity (Wildman–Crippen MR) is 54.6 cm³/mol. The van der Waals surface area contributed by atoms with Gasteiger partial charge < -0.3 is 5.11 Å². The van der Waals surface area contributed by atoms with Crippen molar-refractivity contribution in [3.63, 3.8) is 0 Å². The third kappa shape index (κ3) is 0.589. The Bertz CT molecular complexity index is 319. The van der Waals surface area contributed by atoms with Gasteiger partial charge in [-0.05, 0) is 55.3 Å². The lowest BCUT2D eigenvalue weighted by Gasteiger charge is -2.21. The second kappa shape index (κ2) is 2.11. The molecule has 0 aromatic carbocycles. The highest BCUT2D eigenvalue weighted by atomic mass is 16.3. The van der Waals surface area contributed by atoms with E-state index in [4.69, 9.17) is 0 Å². The van der Waals surface area contributed by atoms with E-state index in [1.165, 1.54) is 32.1 Å². The smallest absolute Gasteiger partial charge is 0.0495 e. The predicted octanol–water partition coefficient (Wildman–Crippen LogP) is 2.36. The summed E-state index contributed by atoms with van der Waals surface area (Å²) < 4.78 is 0. The number of fused-ring (bicyclic) bond motifs is 2. The molecule has 1 N–H and O–H groups in total. The van der Waals surface area contributed by atoms with Gasteiger partial charge in [0.25, 0.3) is 0 Å². The van der Waals surface area contributed by atoms with Crippen LogP contribution < -0.4 is 0 Å². The van der Waals surface area contributed by atoms with Crippen molar-refractivity contribution in [2.75, 3.05) is 6.61 Å². The average Bonchev–Trinajstić information content (AvgIpc) is 2.69. The zero-order chi connectivity index (χ0) is 9.39. The first-order valence-electron chi connectivity index (χ1n) is 6.10. The van der Waals surface area contributed by atoms with Crippen molar-refractivity contribution in [2.45, 2.75) is 32.1 Å². The van der Waals surface area contributed by atoms with E-state index in [1.54, 1.807) is 0 Å². The van der Waals surface area contributed by atoms with Gasteiger partial charge in [0.15, 0.2) is 0 Å². The van der Waals surface area contributed by atoms with E-state index >= 15 is 0 Å². The van der Waals surface area contributed by atoms with Crippen molar-refractivity contribution in [1.29, 1.82) is 0 Å². The van der Waals surface area contributed by atoms with Gasteiger partial charge in [0, 0.05) is 12.0 Å². The minimum absolute atomic E-state index is 0.386. The van der Waals surface area contributed by atoms with Crippen molar-refractivity contribution >= 4 is 0 Å². The summed E-state index contributed by atoms with van der Waals surface area (Å²) >= 11 is 0. The van der Waals surface area contributed by atoms with Crippen LogP contribution in [-0.2, 0) is 0 Å². The van der Waals surface area contributed by atoms with Gasteiger partial charge in [-0.1, -0.05) is 12.2 Å². The van der Waals surface area contributed by atoms with Crippen LogP contribution in [0.5, 0.6) is 0 Å². The lowest BCUT2D eigenvalue weighted by molar-refractivity contribution is 0.145. The zero-order valence-corrected chi connectivity index (χ0v) is 8.58. The highest BCUT2D eigenvalue weighted by Crippen LogP contribution is 2.84. The second-order valence-electron chi connectivity index (χ2n) is 6.05. The van der Waals surface area contributed by atoms with Crippen LogP contribution in [0.25, 0.3) is 0 Å². The maximum Gasteiger partial charge on any atom is 0.0495 e. The van der Waals surface area contributed by atoms with Crippen molar-refractivity contribution in [2.24, 2.45) is 28.6 Å². The highest BCUT2D eigenvalue weighted by molar-refractivity contribution is 5.30. The molecule has 0 unspecified atom stereocenters. The molecule has 4 aliphatic carbocycles. The molecule has 0 aromatic rings. The molecule has 3 fully saturated rings. The van der Waals surface area contributed by atoms with Crippen LogP contribution in [0.4, 0.5) is 0 Å². The first-order valence-corrected chi connectivity index (χ1v) is 6.10. The van der Waals surface area contributed by atoms with Gasteiger partial charge in [0.05, 0.1) is 0 Å². The van der Waals surface area contributed by atoms with E-state index in [0.29, 0.717) is 17.4 Å². The van der Waals surface area contributed by atoms with Crippen molar-refractivity contribution in [3.05, 3.63) is 12.2 Å². The number of aliphatic hydroxyl groups excluding tert-OH is 1. The van der Waals surface area contributed by atoms with Gasteiger partial charge in [0.2, 0.25) is 0 Å². The molecule has 1 heteroatoms. The summed E-state index contributed by atoms with van der Waals surface area (Å²) in [6, 6.07) is 0. The summed E-state index contributed by atoms with van der Waals surface area (Å²) in [5.74, 6) is 2.63. The maximum absolute atomic E-state index is 9.70. The number of rotatable bonds is 1. The Kier molecular flexibility index (Phi) is 1.19. The van der Waals surface area contributed by atoms with Gasteiger partial charge in [-0.15, -0.1) is 0 Å². The Labute approximate surface area is 85.2 Å². The van der Waals surface area contributed by atoms with Crippen LogP contribution in [-0.4, -0.2) is 11.7 Å². The first-order chi connectivity index (χ1) is 6.82. The fraction of sp³-hybridized carbons (Fsp3) is 0.846. The molecule has 0 saturated heterocycles. The average molecular weight is 190 g/mol. The maximum atomic E-state index is 9.70. The van der Waals surface area contributed by atoms with Crippen LogP contribution in [0.3, 0.4) is 0 Å². The summed E-state index contributed by atoms with van der Waals surface area (Å²) in [6.07, 6.45) is 11.7. The van der Waals surface area contributed by atoms with Gasteiger partial charge in [-0.3, -0.25) is 0 Å². The Morgan fingerprint density at radius 2 is 2.36 bits per heavy atom.